The van der Waals surface area contributed by atoms with E-state index in [1.807, 2.05) is 0 Å². The lowest BCUT2D eigenvalue weighted by Gasteiger charge is -2.23. The molecule has 2 fully saturated rings. The van der Waals surface area contributed by atoms with Crippen molar-refractivity contribution in [2.24, 2.45) is 5.92 Å². The maximum atomic E-state index is 12.3. The zero-order chi connectivity index (χ0) is 16.3. The van der Waals surface area contributed by atoms with Gasteiger partial charge in [0, 0.05) is 24.7 Å². The average molecular weight is 337 g/mol. The Kier molecular flexibility index (Phi) is 4.99. The van der Waals surface area contributed by atoms with Crippen LogP contribution in [-0.4, -0.2) is 40.0 Å². The average Bonchev–Trinajstić information content (AvgIpc) is 3.38. The second-order valence-electron chi connectivity index (χ2n) is 6.34. The van der Waals surface area contributed by atoms with Gasteiger partial charge in [-0.25, -0.2) is 13.1 Å². The Morgan fingerprint density at radius 3 is 2.78 bits per heavy atom. The molecule has 23 heavy (non-hydrogen) atoms. The summed E-state index contributed by atoms with van der Waals surface area (Å²) in [6.45, 7) is 2.21. The van der Waals surface area contributed by atoms with Gasteiger partial charge in [0.25, 0.3) is 5.91 Å². The van der Waals surface area contributed by atoms with Gasteiger partial charge in [0.2, 0.25) is 10.0 Å². The third-order valence-electron chi connectivity index (χ3n) is 4.30. The molecule has 3 rings (SSSR count). The molecule has 1 unspecified atom stereocenters. The van der Waals surface area contributed by atoms with Gasteiger partial charge in [0.1, 0.15) is 0 Å². The van der Waals surface area contributed by atoms with Crippen LogP contribution in [-0.2, 0) is 10.0 Å². The number of sulfonamides is 1. The highest BCUT2D eigenvalue weighted by Crippen LogP contribution is 2.28. The van der Waals surface area contributed by atoms with Crippen molar-refractivity contribution in [3.05, 3.63) is 29.8 Å². The molecular weight excluding hydrogens is 314 g/mol. The second kappa shape index (κ2) is 6.98. The molecule has 0 bridgehead atoms. The maximum Gasteiger partial charge on any atom is 0.251 e. The largest absolute Gasteiger partial charge is 0.348 e. The van der Waals surface area contributed by atoms with E-state index in [4.69, 9.17) is 0 Å². The molecule has 0 radical (unpaired) electrons. The third kappa shape index (κ3) is 4.53. The van der Waals surface area contributed by atoms with E-state index in [-0.39, 0.29) is 16.8 Å². The summed E-state index contributed by atoms with van der Waals surface area (Å²) < 4.78 is 27.2. The highest BCUT2D eigenvalue weighted by molar-refractivity contribution is 7.89. The predicted molar refractivity (Wildman–Crippen MR) is 87.7 cm³/mol. The number of hydrogen-bond donors (Lipinski definition) is 3. The number of amides is 1. The lowest BCUT2D eigenvalue weighted by Crippen LogP contribution is -2.45. The van der Waals surface area contributed by atoms with Gasteiger partial charge < -0.3 is 10.6 Å². The molecule has 1 heterocycles. The van der Waals surface area contributed by atoms with Gasteiger partial charge in [-0.05, 0) is 56.3 Å². The molecule has 1 amide bonds. The summed E-state index contributed by atoms with van der Waals surface area (Å²) >= 11 is 0. The van der Waals surface area contributed by atoms with E-state index in [2.05, 4.69) is 15.4 Å². The molecule has 126 valence electrons. The normalized spacial score (nSPS) is 21.8. The molecule has 2 aliphatic rings. The van der Waals surface area contributed by atoms with Crippen LogP contribution in [0.1, 0.15) is 36.0 Å². The number of carbonyl (C=O) groups excluding carboxylic acids is 1. The van der Waals surface area contributed by atoms with Gasteiger partial charge in [0.05, 0.1) is 4.90 Å². The predicted octanol–water partition coefficient (Wildman–Crippen LogP) is 0.857. The molecule has 0 aromatic heterocycles. The van der Waals surface area contributed by atoms with Crippen LogP contribution in [0.3, 0.4) is 0 Å². The molecule has 1 aromatic rings. The summed E-state index contributed by atoms with van der Waals surface area (Å²) in [7, 11) is -3.55. The minimum atomic E-state index is -3.55. The summed E-state index contributed by atoms with van der Waals surface area (Å²) in [6, 6.07) is 6.32. The Labute approximate surface area is 137 Å². The maximum absolute atomic E-state index is 12.3. The Morgan fingerprint density at radius 2 is 2.09 bits per heavy atom. The number of benzene rings is 1. The highest BCUT2D eigenvalue weighted by atomic mass is 32.2. The number of carbonyl (C=O) groups is 1. The van der Waals surface area contributed by atoms with E-state index < -0.39 is 10.0 Å². The summed E-state index contributed by atoms with van der Waals surface area (Å²) in [5, 5.41) is 6.20. The first-order chi connectivity index (χ1) is 11.0. The van der Waals surface area contributed by atoms with E-state index in [1.54, 1.807) is 12.1 Å². The standard InChI is InChI=1S/C16H23N3O3S/c20-16(19-14-4-2-8-17-11-14)13-3-1-5-15(9-13)23(21,22)18-10-12-6-7-12/h1,3,5,9,12,14,17-18H,2,4,6-8,10-11H2,(H,19,20). The van der Waals surface area contributed by atoms with E-state index in [0.29, 0.717) is 18.0 Å². The third-order valence-corrected chi connectivity index (χ3v) is 5.72. The van der Waals surface area contributed by atoms with Crippen LogP contribution in [0.4, 0.5) is 0 Å². The van der Waals surface area contributed by atoms with Crippen LogP contribution in [0, 0.1) is 5.92 Å². The van der Waals surface area contributed by atoms with Gasteiger partial charge in [0.15, 0.2) is 0 Å². The summed E-state index contributed by atoms with van der Waals surface area (Å²) in [5.74, 6) is 0.244. The fourth-order valence-electron chi connectivity index (χ4n) is 2.68. The molecule has 1 aliphatic heterocycles. The minimum absolute atomic E-state index is 0.101. The smallest absolute Gasteiger partial charge is 0.251 e. The zero-order valence-electron chi connectivity index (χ0n) is 13.0. The molecule has 1 saturated heterocycles. The summed E-state index contributed by atoms with van der Waals surface area (Å²) in [4.78, 5) is 12.5. The quantitative estimate of drug-likeness (QED) is 0.718. The van der Waals surface area contributed by atoms with Crippen molar-refractivity contribution < 1.29 is 13.2 Å². The Bertz CT molecular complexity index is 665. The lowest BCUT2D eigenvalue weighted by molar-refractivity contribution is 0.0930. The lowest BCUT2D eigenvalue weighted by atomic mass is 10.1. The summed E-state index contributed by atoms with van der Waals surface area (Å²) in [5.41, 5.74) is 0.380. The fourth-order valence-corrected chi connectivity index (χ4v) is 3.84. The van der Waals surface area contributed by atoms with Crippen LogP contribution in [0.5, 0.6) is 0 Å². The van der Waals surface area contributed by atoms with Crippen LogP contribution in [0.15, 0.2) is 29.2 Å². The van der Waals surface area contributed by atoms with Crippen molar-refractivity contribution in [1.29, 1.82) is 0 Å². The Morgan fingerprint density at radius 1 is 1.26 bits per heavy atom. The van der Waals surface area contributed by atoms with E-state index in [0.717, 1.165) is 38.8 Å². The van der Waals surface area contributed by atoms with Crippen LogP contribution < -0.4 is 15.4 Å². The van der Waals surface area contributed by atoms with Crippen molar-refractivity contribution in [3.63, 3.8) is 0 Å². The molecular formula is C16H23N3O3S. The van der Waals surface area contributed by atoms with Gasteiger partial charge in [-0.1, -0.05) is 6.07 Å². The van der Waals surface area contributed by atoms with Crippen LogP contribution >= 0.6 is 0 Å². The number of hydrogen-bond acceptors (Lipinski definition) is 4. The van der Waals surface area contributed by atoms with Crippen molar-refractivity contribution in [2.75, 3.05) is 19.6 Å². The van der Waals surface area contributed by atoms with E-state index in [9.17, 15) is 13.2 Å². The van der Waals surface area contributed by atoms with E-state index >= 15 is 0 Å². The monoisotopic (exact) mass is 337 g/mol. The first-order valence-corrected chi connectivity index (χ1v) is 9.64. The number of piperidine rings is 1. The van der Waals surface area contributed by atoms with Crippen molar-refractivity contribution in [1.82, 2.24) is 15.4 Å². The first-order valence-electron chi connectivity index (χ1n) is 8.16. The van der Waals surface area contributed by atoms with Crippen molar-refractivity contribution in [2.45, 2.75) is 36.6 Å². The molecule has 6 nitrogen and oxygen atoms in total. The van der Waals surface area contributed by atoms with Gasteiger partial charge >= 0.3 is 0 Å². The van der Waals surface area contributed by atoms with Crippen LogP contribution in [0.2, 0.25) is 0 Å². The minimum Gasteiger partial charge on any atom is -0.348 e. The SMILES string of the molecule is O=C(NC1CCCNC1)c1cccc(S(=O)(=O)NCC2CC2)c1. The van der Waals surface area contributed by atoms with Crippen molar-refractivity contribution in [3.8, 4) is 0 Å². The Balaban J connectivity index is 1.66. The molecule has 1 saturated carbocycles. The first kappa shape index (κ1) is 16.4. The van der Waals surface area contributed by atoms with Gasteiger partial charge in [-0.15, -0.1) is 0 Å². The second-order valence-corrected chi connectivity index (χ2v) is 8.11. The zero-order valence-corrected chi connectivity index (χ0v) is 13.9. The Hall–Kier alpha value is -1.44. The molecule has 1 aliphatic carbocycles. The number of rotatable bonds is 6. The number of nitrogens with one attached hydrogen (secondary N) is 3. The molecule has 3 N–H and O–H groups in total. The van der Waals surface area contributed by atoms with Crippen molar-refractivity contribution >= 4 is 15.9 Å². The summed E-state index contributed by atoms with van der Waals surface area (Å²) in [6.07, 6.45) is 4.14. The topological polar surface area (TPSA) is 87.3 Å². The molecule has 7 heteroatoms. The van der Waals surface area contributed by atoms with Crippen LogP contribution in [0.25, 0.3) is 0 Å². The molecule has 1 atom stereocenters. The van der Waals surface area contributed by atoms with Gasteiger partial charge in [-0.3, -0.25) is 4.79 Å². The molecule has 0 spiro atoms. The van der Waals surface area contributed by atoms with E-state index in [1.165, 1.54) is 12.1 Å². The van der Waals surface area contributed by atoms with Gasteiger partial charge in [-0.2, -0.15) is 0 Å². The molecule has 1 aromatic carbocycles. The highest BCUT2D eigenvalue weighted by Gasteiger charge is 2.25. The fraction of sp³-hybridized carbons (Fsp3) is 0.562.